The number of carboxylic acid groups (broad SMARTS) is 1. The molecule has 9 nitrogen and oxygen atoms in total. The molecule has 1 spiro atoms. The third-order valence-corrected chi connectivity index (χ3v) is 8.28. The predicted octanol–water partition coefficient (Wildman–Crippen LogP) is 5.28. The second-order valence-corrected chi connectivity index (χ2v) is 12.4. The van der Waals surface area contributed by atoms with E-state index in [1.807, 2.05) is 27.7 Å². The van der Waals surface area contributed by atoms with Gasteiger partial charge in [-0.05, 0) is 54.7 Å². The van der Waals surface area contributed by atoms with Crippen molar-refractivity contribution in [3.8, 4) is 5.75 Å². The summed E-state index contributed by atoms with van der Waals surface area (Å²) < 4.78 is 21.3. The van der Waals surface area contributed by atoms with Crippen LogP contribution in [0.2, 0.25) is 5.02 Å². The minimum absolute atomic E-state index is 0.0195. The molecule has 2 aromatic carbocycles. The number of nitrogens with zero attached hydrogens (tertiary/aromatic N) is 1. The van der Waals surface area contributed by atoms with Gasteiger partial charge in [-0.2, -0.15) is 0 Å². The van der Waals surface area contributed by atoms with Crippen molar-refractivity contribution in [2.24, 2.45) is 5.41 Å². The van der Waals surface area contributed by atoms with Gasteiger partial charge in [0.15, 0.2) is 0 Å². The molecule has 3 heterocycles. The molecule has 1 fully saturated rings. The number of aryl methyl sites for hydroxylation is 1. The summed E-state index contributed by atoms with van der Waals surface area (Å²) in [6.07, 6.45) is 2.09. The van der Waals surface area contributed by atoms with E-state index in [1.165, 1.54) is 31.4 Å². The molecule has 0 unspecified atom stereocenters. The molecule has 2 aliphatic rings. The SMILES string of the molecule is COc1cc(C(=O)O)ccc1NC(=O)[C@@H]1N[C@@H](CC(C)(C)C)[C@@]2(C(=O)Nc3cc(C)ncc32)[C@H]1c1cccc(Cl)c1F. The van der Waals surface area contributed by atoms with Crippen molar-refractivity contribution < 1.29 is 28.6 Å². The molecule has 0 radical (unpaired) electrons. The van der Waals surface area contributed by atoms with Crippen LogP contribution in [0.4, 0.5) is 15.8 Å². The average molecular weight is 595 g/mol. The third kappa shape index (κ3) is 4.88. The highest BCUT2D eigenvalue weighted by atomic mass is 35.5. The van der Waals surface area contributed by atoms with Crippen LogP contribution in [0.15, 0.2) is 48.7 Å². The van der Waals surface area contributed by atoms with Crippen LogP contribution >= 0.6 is 11.6 Å². The maximum Gasteiger partial charge on any atom is 0.335 e. The van der Waals surface area contributed by atoms with E-state index < -0.39 is 41.1 Å². The fraction of sp³-hybridized carbons (Fsp3) is 0.355. The predicted molar refractivity (Wildman–Crippen MR) is 157 cm³/mol. The molecule has 0 bridgehead atoms. The van der Waals surface area contributed by atoms with Crippen LogP contribution in [-0.4, -0.2) is 47.1 Å². The fourth-order valence-corrected chi connectivity index (χ4v) is 6.48. The number of carbonyl (C=O) groups is 3. The zero-order chi connectivity index (χ0) is 30.6. The second-order valence-electron chi connectivity index (χ2n) is 12.0. The number of nitrogens with one attached hydrogen (secondary N) is 3. The van der Waals surface area contributed by atoms with Gasteiger partial charge in [-0.3, -0.25) is 14.6 Å². The number of hydrogen-bond donors (Lipinski definition) is 4. The normalized spacial score (nSPS) is 23.0. The number of pyridine rings is 1. The van der Waals surface area contributed by atoms with Crippen molar-refractivity contribution in [2.45, 2.75) is 57.5 Å². The topological polar surface area (TPSA) is 130 Å². The average Bonchev–Trinajstić information content (AvgIpc) is 3.39. The Hall–Kier alpha value is -4.02. The lowest BCUT2D eigenvalue weighted by atomic mass is 9.62. The van der Waals surface area contributed by atoms with E-state index >= 15 is 4.39 Å². The van der Waals surface area contributed by atoms with E-state index in [9.17, 15) is 19.5 Å². The lowest BCUT2D eigenvalue weighted by Crippen LogP contribution is -2.49. The molecule has 11 heteroatoms. The molecule has 1 aromatic heterocycles. The van der Waals surface area contributed by atoms with Gasteiger partial charge in [-0.1, -0.05) is 44.5 Å². The van der Waals surface area contributed by atoms with E-state index in [0.29, 0.717) is 23.4 Å². The zero-order valence-electron chi connectivity index (χ0n) is 23.8. The standard InChI is InChI=1S/C31H32ClFN4O5/c1-15-11-21-18(14-34-15)31(29(41)36-21)23(13-30(2,3)4)37-26(24(31)17-7-6-8-19(32)25(17)33)27(38)35-20-10-9-16(28(39)40)12-22(20)42-5/h6-12,14,23-24,26,37H,13H2,1-5H3,(H,35,38)(H,36,41)(H,39,40)/t23-,24-,26+,31+/m0/s1. The maximum absolute atomic E-state index is 15.9. The molecule has 220 valence electrons. The first kappa shape index (κ1) is 29.5. The number of fused-ring (bicyclic) bond motifs is 2. The van der Waals surface area contributed by atoms with Gasteiger partial charge < -0.3 is 25.8 Å². The lowest BCUT2D eigenvalue weighted by Gasteiger charge is -2.37. The molecule has 42 heavy (non-hydrogen) atoms. The van der Waals surface area contributed by atoms with Gasteiger partial charge in [0.2, 0.25) is 11.8 Å². The van der Waals surface area contributed by atoms with E-state index in [1.54, 1.807) is 24.4 Å². The molecule has 3 aromatic rings. The summed E-state index contributed by atoms with van der Waals surface area (Å²) in [5.41, 5.74) is 0.453. The quantitative estimate of drug-likeness (QED) is 0.306. The van der Waals surface area contributed by atoms with E-state index in [4.69, 9.17) is 16.3 Å². The lowest BCUT2D eigenvalue weighted by molar-refractivity contribution is -0.122. The van der Waals surface area contributed by atoms with Gasteiger partial charge in [0.05, 0.1) is 29.4 Å². The largest absolute Gasteiger partial charge is 0.495 e. The minimum Gasteiger partial charge on any atom is -0.495 e. The Morgan fingerprint density at radius 1 is 1.21 bits per heavy atom. The van der Waals surface area contributed by atoms with E-state index in [2.05, 4.69) is 20.9 Å². The van der Waals surface area contributed by atoms with Crippen LogP contribution in [0.25, 0.3) is 0 Å². The Balaban J connectivity index is 1.70. The molecule has 0 saturated carbocycles. The van der Waals surface area contributed by atoms with Crippen molar-refractivity contribution in [3.63, 3.8) is 0 Å². The molecular weight excluding hydrogens is 563 g/mol. The molecule has 0 aliphatic carbocycles. The molecule has 4 N–H and O–H groups in total. The van der Waals surface area contributed by atoms with Crippen LogP contribution < -0.4 is 20.7 Å². The Labute approximate surface area is 247 Å². The Bertz CT molecular complexity index is 1610. The number of aromatic nitrogens is 1. The van der Waals surface area contributed by atoms with Crippen LogP contribution in [0.3, 0.4) is 0 Å². The summed E-state index contributed by atoms with van der Waals surface area (Å²) in [5, 5.41) is 18.5. The number of carboxylic acids is 1. The van der Waals surface area contributed by atoms with Crippen molar-refractivity contribution >= 4 is 40.8 Å². The second kappa shape index (κ2) is 10.7. The van der Waals surface area contributed by atoms with Gasteiger partial charge >= 0.3 is 5.97 Å². The number of anilines is 2. The van der Waals surface area contributed by atoms with Gasteiger partial charge in [-0.15, -0.1) is 0 Å². The van der Waals surface area contributed by atoms with E-state index in [-0.39, 0.29) is 38.9 Å². The van der Waals surface area contributed by atoms with Gasteiger partial charge in [-0.25, -0.2) is 9.18 Å². The molecule has 5 rings (SSSR count). The number of benzene rings is 2. The summed E-state index contributed by atoms with van der Waals surface area (Å²) in [6, 6.07) is 8.69. The van der Waals surface area contributed by atoms with Crippen molar-refractivity contribution in [2.75, 3.05) is 17.7 Å². The number of halogens is 2. The number of aromatic carboxylic acids is 1. The summed E-state index contributed by atoms with van der Waals surface area (Å²) in [5.74, 6) is -3.69. The first-order valence-corrected chi connectivity index (χ1v) is 13.9. The van der Waals surface area contributed by atoms with Crippen molar-refractivity contribution in [1.29, 1.82) is 0 Å². The van der Waals surface area contributed by atoms with Crippen LogP contribution in [-0.2, 0) is 15.0 Å². The number of ether oxygens (including phenoxy) is 1. The Morgan fingerprint density at radius 3 is 2.62 bits per heavy atom. The minimum atomic E-state index is -1.41. The molecular formula is C31H32ClFN4O5. The highest BCUT2D eigenvalue weighted by molar-refractivity contribution is 6.30. The zero-order valence-corrected chi connectivity index (χ0v) is 24.6. The van der Waals surface area contributed by atoms with Crippen LogP contribution in [0, 0.1) is 18.2 Å². The fourth-order valence-electron chi connectivity index (χ4n) is 6.30. The first-order valence-electron chi connectivity index (χ1n) is 13.5. The maximum atomic E-state index is 15.9. The van der Waals surface area contributed by atoms with Gasteiger partial charge in [0.1, 0.15) is 17.0 Å². The number of rotatable bonds is 6. The summed E-state index contributed by atoms with van der Waals surface area (Å²) in [4.78, 5) is 44.3. The molecule has 2 aliphatic heterocycles. The smallest absolute Gasteiger partial charge is 0.335 e. The Morgan fingerprint density at radius 2 is 1.95 bits per heavy atom. The molecule has 1 saturated heterocycles. The highest BCUT2D eigenvalue weighted by Crippen LogP contribution is 2.57. The van der Waals surface area contributed by atoms with E-state index in [0.717, 1.165) is 0 Å². The summed E-state index contributed by atoms with van der Waals surface area (Å²) in [6.45, 7) is 7.90. The van der Waals surface area contributed by atoms with Gasteiger partial charge in [0, 0.05) is 35.1 Å². The van der Waals surface area contributed by atoms with Crippen LogP contribution in [0.1, 0.15) is 60.3 Å². The van der Waals surface area contributed by atoms with Crippen LogP contribution in [0.5, 0.6) is 5.75 Å². The first-order chi connectivity index (χ1) is 19.8. The number of hydrogen-bond acceptors (Lipinski definition) is 6. The van der Waals surface area contributed by atoms with Crippen molar-refractivity contribution in [1.82, 2.24) is 10.3 Å². The molecule has 2 amide bonds. The Kier molecular flexibility index (Phi) is 7.49. The number of amides is 2. The summed E-state index contributed by atoms with van der Waals surface area (Å²) in [7, 11) is 1.36. The van der Waals surface area contributed by atoms with Crippen molar-refractivity contribution in [3.05, 3.63) is 81.9 Å². The molecule has 4 atom stereocenters. The number of carbonyl (C=O) groups excluding carboxylic acids is 2. The third-order valence-electron chi connectivity index (χ3n) is 7.99. The van der Waals surface area contributed by atoms with Gasteiger partial charge in [0.25, 0.3) is 0 Å². The summed E-state index contributed by atoms with van der Waals surface area (Å²) >= 11 is 6.25. The monoisotopic (exact) mass is 594 g/mol. The highest BCUT2D eigenvalue weighted by Gasteiger charge is 2.66. The number of methoxy groups -OCH3 is 1.